The number of benzene rings is 6. The van der Waals surface area contributed by atoms with Gasteiger partial charge in [-0.05, 0) is 56.9 Å². The Bertz CT molecular complexity index is 1460. The Labute approximate surface area is 212 Å². The van der Waals surface area contributed by atoms with E-state index in [2.05, 4.69) is 156 Å². The molecule has 174 valence electrons. The minimum atomic E-state index is -0.0375. The van der Waals surface area contributed by atoms with Crippen LogP contribution in [0.15, 0.2) is 146 Å². The molecule has 0 saturated carbocycles. The monoisotopic (exact) mass is 464 g/mol. The van der Waals surface area contributed by atoms with Crippen molar-refractivity contribution >= 4 is 32.9 Å². The van der Waals surface area contributed by atoms with Gasteiger partial charge in [0.2, 0.25) is 0 Å². The quantitative estimate of drug-likeness (QED) is 0.246. The molecule has 36 heavy (non-hydrogen) atoms. The van der Waals surface area contributed by atoms with Gasteiger partial charge in [0.05, 0.1) is 12.1 Å². The summed E-state index contributed by atoms with van der Waals surface area (Å²) in [7, 11) is 0. The molecule has 0 saturated heterocycles. The maximum absolute atomic E-state index is 3.91. The number of para-hydroxylation sites is 2. The number of fused-ring (bicyclic) bond motifs is 2. The first-order valence-electron chi connectivity index (χ1n) is 12.5. The van der Waals surface area contributed by atoms with Crippen molar-refractivity contribution < 1.29 is 0 Å². The van der Waals surface area contributed by atoms with E-state index in [9.17, 15) is 0 Å². The van der Waals surface area contributed by atoms with Gasteiger partial charge in [0.1, 0.15) is 0 Å². The van der Waals surface area contributed by atoms with E-state index >= 15 is 0 Å². The molecule has 2 heteroatoms. The highest BCUT2D eigenvalue weighted by Crippen LogP contribution is 2.40. The van der Waals surface area contributed by atoms with E-state index < -0.39 is 0 Å². The Kier molecular flexibility index (Phi) is 6.08. The predicted octanol–water partition coefficient (Wildman–Crippen LogP) is 9.00. The summed E-state index contributed by atoms with van der Waals surface area (Å²) in [6.07, 6.45) is 0. The van der Waals surface area contributed by atoms with Gasteiger partial charge >= 0.3 is 0 Å². The summed E-state index contributed by atoms with van der Waals surface area (Å²) in [5.41, 5.74) is 4.71. The second-order valence-corrected chi connectivity index (χ2v) is 9.11. The van der Waals surface area contributed by atoms with Gasteiger partial charge in [-0.3, -0.25) is 0 Å². The molecule has 0 amide bonds. The Morgan fingerprint density at radius 2 is 0.694 bits per heavy atom. The number of anilines is 2. The minimum Gasteiger partial charge on any atom is -0.376 e. The molecule has 0 aliphatic heterocycles. The van der Waals surface area contributed by atoms with Gasteiger partial charge in [0.15, 0.2) is 0 Å². The van der Waals surface area contributed by atoms with Crippen LogP contribution in [0.3, 0.4) is 0 Å². The van der Waals surface area contributed by atoms with Crippen LogP contribution >= 0.6 is 0 Å². The van der Waals surface area contributed by atoms with Crippen LogP contribution in [0.1, 0.15) is 23.2 Å². The van der Waals surface area contributed by atoms with Crippen LogP contribution in [0.25, 0.3) is 21.5 Å². The molecule has 2 nitrogen and oxygen atoms in total. The molecule has 0 aliphatic carbocycles. The third-order valence-corrected chi connectivity index (χ3v) is 6.84. The molecule has 0 heterocycles. The van der Waals surface area contributed by atoms with Gasteiger partial charge in [-0.1, -0.05) is 121 Å². The fourth-order valence-electron chi connectivity index (χ4n) is 5.15. The number of hydrogen-bond acceptors (Lipinski definition) is 2. The average Bonchev–Trinajstić information content (AvgIpc) is 2.95. The topological polar surface area (TPSA) is 24.1 Å². The summed E-state index contributed by atoms with van der Waals surface area (Å²) in [5.74, 6) is 0. The summed E-state index contributed by atoms with van der Waals surface area (Å²) in [6, 6.07) is 51.5. The van der Waals surface area contributed by atoms with Crippen molar-refractivity contribution in [2.24, 2.45) is 0 Å². The van der Waals surface area contributed by atoms with Crippen LogP contribution in [-0.2, 0) is 0 Å². The van der Waals surface area contributed by atoms with E-state index in [-0.39, 0.29) is 12.1 Å². The molecule has 2 unspecified atom stereocenters. The molecule has 0 spiro atoms. The molecular weight excluding hydrogens is 436 g/mol. The smallest absolute Gasteiger partial charge is 0.0763 e. The molecule has 0 fully saturated rings. The van der Waals surface area contributed by atoms with E-state index in [1.54, 1.807) is 0 Å². The van der Waals surface area contributed by atoms with Gasteiger partial charge in [0.25, 0.3) is 0 Å². The lowest BCUT2D eigenvalue weighted by Gasteiger charge is -2.33. The SMILES string of the molecule is c1ccc(NC(c2cccc3ccccc23)C(Nc2ccccc2)c2cccc3ccccc23)cc1. The Morgan fingerprint density at radius 3 is 1.14 bits per heavy atom. The standard InChI is InChI=1S/C34H28N2/c1-3-17-27(18-4-1)35-33(31-23-11-15-25-13-7-9-21-29(25)31)34(36-28-19-5-2-6-20-28)32-24-12-16-26-14-8-10-22-30(26)32/h1-24,33-36H. The zero-order chi connectivity index (χ0) is 24.2. The summed E-state index contributed by atoms with van der Waals surface area (Å²) in [4.78, 5) is 0. The Balaban J connectivity index is 1.58. The molecule has 6 aromatic carbocycles. The number of nitrogens with one attached hydrogen (secondary N) is 2. The van der Waals surface area contributed by atoms with Gasteiger partial charge in [0, 0.05) is 11.4 Å². The molecule has 2 N–H and O–H groups in total. The van der Waals surface area contributed by atoms with Gasteiger partial charge in [-0.25, -0.2) is 0 Å². The molecule has 6 aromatic rings. The molecule has 0 radical (unpaired) electrons. The van der Waals surface area contributed by atoms with Crippen LogP contribution in [0.5, 0.6) is 0 Å². The predicted molar refractivity (Wildman–Crippen MR) is 154 cm³/mol. The van der Waals surface area contributed by atoms with Crippen LogP contribution in [0, 0.1) is 0 Å². The Hall–Kier alpha value is -4.56. The lowest BCUT2D eigenvalue weighted by molar-refractivity contribution is 0.658. The Morgan fingerprint density at radius 1 is 0.333 bits per heavy atom. The van der Waals surface area contributed by atoms with Crippen molar-refractivity contribution in [3.63, 3.8) is 0 Å². The van der Waals surface area contributed by atoms with Crippen molar-refractivity contribution in [2.75, 3.05) is 10.6 Å². The molecule has 2 atom stereocenters. The van der Waals surface area contributed by atoms with Crippen molar-refractivity contribution in [2.45, 2.75) is 12.1 Å². The summed E-state index contributed by atoms with van der Waals surface area (Å²) < 4.78 is 0. The van der Waals surface area contributed by atoms with Gasteiger partial charge < -0.3 is 10.6 Å². The first kappa shape index (κ1) is 21.9. The molecule has 0 bridgehead atoms. The normalized spacial score (nSPS) is 12.8. The third-order valence-electron chi connectivity index (χ3n) is 6.84. The summed E-state index contributed by atoms with van der Waals surface area (Å²) >= 11 is 0. The third kappa shape index (κ3) is 4.42. The highest BCUT2D eigenvalue weighted by atomic mass is 15.0. The first-order valence-corrected chi connectivity index (χ1v) is 12.5. The second kappa shape index (κ2) is 9.97. The molecule has 0 aromatic heterocycles. The second-order valence-electron chi connectivity index (χ2n) is 9.11. The first-order chi connectivity index (χ1) is 17.9. The molecular formula is C34H28N2. The zero-order valence-electron chi connectivity index (χ0n) is 20.0. The van der Waals surface area contributed by atoms with E-state index in [0.29, 0.717) is 0 Å². The molecule has 0 aliphatic rings. The zero-order valence-corrected chi connectivity index (χ0v) is 20.0. The van der Waals surface area contributed by atoms with Crippen molar-refractivity contribution in [1.82, 2.24) is 0 Å². The van der Waals surface area contributed by atoms with Crippen LogP contribution in [0.4, 0.5) is 11.4 Å². The van der Waals surface area contributed by atoms with Gasteiger partial charge in [-0.2, -0.15) is 0 Å². The lowest BCUT2D eigenvalue weighted by atomic mass is 9.87. The highest BCUT2D eigenvalue weighted by Gasteiger charge is 2.28. The largest absolute Gasteiger partial charge is 0.376 e. The minimum absolute atomic E-state index is 0.0375. The lowest BCUT2D eigenvalue weighted by Crippen LogP contribution is -2.26. The van der Waals surface area contributed by atoms with Crippen molar-refractivity contribution in [3.8, 4) is 0 Å². The summed E-state index contributed by atoms with van der Waals surface area (Å²) in [6.45, 7) is 0. The van der Waals surface area contributed by atoms with Gasteiger partial charge in [-0.15, -0.1) is 0 Å². The number of hydrogen-bond donors (Lipinski definition) is 2. The maximum Gasteiger partial charge on any atom is 0.0763 e. The number of rotatable bonds is 7. The van der Waals surface area contributed by atoms with E-state index in [1.165, 1.54) is 32.7 Å². The van der Waals surface area contributed by atoms with Crippen LogP contribution < -0.4 is 10.6 Å². The van der Waals surface area contributed by atoms with Crippen molar-refractivity contribution in [3.05, 3.63) is 157 Å². The summed E-state index contributed by atoms with van der Waals surface area (Å²) in [5, 5.41) is 12.8. The van der Waals surface area contributed by atoms with Crippen LogP contribution in [-0.4, -0.2) is 0 Å². The highest BCUT2D eigenvalue weighted by molar-refractivity contribution is 5.89. The van der Waals surface area contributed by atoms with E-state index in [0.717, 1.165) is 11.4 Å². The fourth-order valence-corrected chi connectivity index (χ4v) is 5.15. The maximum atomic E-state index is 3.91. The van der Waals surface area contributed by atoms with E-state index in [4.69, 9.17) is 0 Å². The van der Waals surface area contributed by atoms with Crippen molar-refractivity contribution in [1.29, 1.82) is 0 Å². The molecule has 6 rings (SSSR count). The van der Waals surface area contributed by atoms with E-state index in [1.807, 2.05) is 0 Å². The van der Waals surface area contributed by atoms with Crippen LogP contribution in [0.2, 0.25) is 0 Å². The fraction of sp³-hybridized carbons (Fsp3) is 0.0588. The average molecular weight is 465 g/mol.